The van der Waals surface area contributed by atoms with E-state index in [1.54, 1.807) is 0 Å². The molecule has 0 unspecified atom stereocenters. The number of carbonyl (C=O) groups excluding carboxylic acids is 1. The second kappa shape index (κ2) is 7.87. The van der Waals surface area contributed by atoms with Gasteiger partial charge in [0, 0.05) is 19.6 Å². The lowest BCUT2D eigenvalue weighted by molar-refractivity contribution is -0.125. The van der Waals surface area contributed by atoms with Crippen LogP contribution in [-0.2, 0) is 4.79 Å². The summed E-state index contributed by atoms with van der Waals surface area (Å²) in [7, 11) is 2.06. The van der Waals surface area contributed by atoms with Crippen LogP contribution in [0.5, 0.6) is 0 Å². The monoisotopic (exact) mass is 249 g/mol. The van der Waals surface area contributed by atoms with Crippen molar-refractivity contribution in [1.82, 2.24) is 15.5 Å². The van der Waals surface area contributed by atoms with Gasteiger partial charge in [-0.05, 0) is 26.1 Å². The van der Waals surface area contributed by atoms with Crippen LogP contribution in [0.2, 0.25) is 0 Å². The minimum atomic E-state index is 0. The van der Waals surface area contributed by atoms with Gasteiger partial charge in [-0.2, -0.15) is 0 Å². The molecule has 16 heavy (non-hydrogen) atoms. The van der Waals surface area contributed by atoms with Gasteiger partial charge in [0.25, 0.3) is 0 Å². The Labute approximate surface area is 105 Å². The molecule has 0 aromatic carbocycles. The fourth-order valence-corrected chi connectivity index (χ4v) is 1.82. The molecular formula is C11H24ClN3O. The van der Waals surface area contributed by atoms with E-state index < -0.39 is 0 Å². The maximum atomic E-state index is 11.8. The Hall–Kier alpha value is -0.320. The molecule has 1 fully saturated rings. The molecule has 0 bridgehead atoms. The number of rotatable bonds is 5. The molecular weight excluding hydrogens is 226 g/mol. The first-order valence-corrected chi connectivity index (χ1v) is 5.82. The smallest absolute Gasteiger partial charge is 0.224 e. The first kappa shape index (κ1) is 15.7. The summed E-state index contributed by atoms with van der Waals surface area (Å²) in [5, 5.41) is 6.24. The Kier molecular flexibility index (Phi) is 7.72. The fourth-order valence-electron chi connectivity index (χ4n) is 1.82. The van der Waals surface area contributed by atoms with Crippen LogP contribution in [0.3, 0.4) is 0 Å². The zero-order valence-corrected chi connectivity index (χ0v) is 11.3. The molecule has 0 saturated carbocycles. The van der Waals surface area contributed by atoms with Crippen molar-refractivity contribution >= 4 is 18.3 Å². The number of nitrogens with zero attached hydrogens (tertiary/aromatic N) is 1. The lowest BCUT2D eigenvalue weighted by atomic mass is 9.97. The third-order valence-corrected chi connectivity index (χ3v) is 3.19. The van der Waals surface area contributed by atoms with Crippen LogP contribution in [0.15, 0.2) is 0 Å². The molecule has 1 aliphatic heterocycles. The average molecular weight is 250 g/mol. The van der Waals surface area contributed by atoms with Crippen LogP contribution in [0.4, 0.5) is 0 Å². The van der Waals surface area contributed by atoms with Crippen molar-refractivity contribution in [3.63, 3.8) is 0 Å². The van der Waals surface area contributed by atoms with Gasteiger partial charge in [0.05, 0.1) is 5.92 Å². The second-order valence-electron chi connectivity index (χ2n) is 4.43. The normalized spacial score (nSPS) is 24.2. The topological polar surface area (TPSA) is 44.4 Å². The SMILES string of the molecule is CCN(C)CCNC(=O)[C@@H]1CNC[C@H]1C.Cl. The lowest BCUT2D eigenvalue weighted by Gasteiger charge is -2.17. The van der Waals surface area contributed by atoms with Gasteiger partial charge in [0.15, 0.2) is 0 Å². The van der Waals surface area contributed by atoms with Crippen molar-refractivity contribution < 1.29 is 4.79 Å². The van der Waals surface area contributed by atoms with Gasteiger partial charge in [0.2, 0.25) is 5.91 Å². The quantitative estimate of drug-likeness (QED) is 0.738. The number of halogens is 1. The van der Waals surface area contributed by atoms with E-state index in [2.05, 4.69) is 36.4 Å². The molecule has 2 N–H and O–H groups in total. The van der Waals surface area contributed by atoms with Crippen molar-refractivity contribution in [2.45, 2.75) is 13.8 Å². The Morgan fingerprint density at radius 2 is 2.19 bits per heavy atom. The van der Waals surface area contributed by atoms with Crippen molar-refractivity contribution in [3.05, 3.63) is 0 Å². The van der Waals surface area contributed by atoms with E-state index in [0.717, 1.165) is 32.7 Å². The highest BCUT2D eigenvalue weighted by Gasteiger charge is 2.28. The first-order valence-electron chi connectivity index (χ1n) is 5.82. The van der Waals surface area contributed by atoms with Crippen LogP contribution >= 0.6 is 12.4 Å². The number of nitrogens with one attached hydrogen (secondary N) is 2. The molecule has 1 aliphatic rings. The average Bonchev–Trinajstić information content (AvgIpc) is 2.64. The van der Waals surface area contributed by atoms with E-state index in [1.165, 1.54) is 0 Å². The van der Waals surface area contributed by atoms with Gasteiger partial charge in [-0.15, -0.1) is 12.4 Å². The molecule has 0 radical (unpaired) electrons. The molecule has 0 aliphatic carbocycles. The van der Waals surface area contributed by atoms with Crippen LogP contribution < -0.4 is 10.6 Å². The molecule has 2 atom stereocenters. The van der Waals surface area contributed by atoms with Gasteiger partial charge in [0.1, 0.15) is 0 Å². The number of amides is 1. The first-order chi connectivity index (χ1) is 7.15. The van der Waals surface area contributed by atoms with Crippen molar-refractivity contribution in [2.75, 3.05) is 39.8 Å². The summed E-state index contributed by atoms with van der Waals surface area (Å²) in [5.74, 6) is 0.836. The largest absolute Gasteiger partial charge is 0.355 e. The molecule has 1 rings (SSSR count). The number of carbonyl (C=O) groups is 1. The van der Waals surface area contributed by atoms with Crippen LogP contribution in [0.25, 0.3) is 0 Å². The van der Waals surface area contributed by atoms with Gasteiger partial charge >= 0.3 is 0 Å². The molecule has 1 saturated heterocycles. The van der Waals surface area contributed by atoms with E-state index >= 15 is 0 Å². The second-order valence-corrected chi connectivity index (χ2v) is 4.43. The van der Waals surface area contributed by atoms with E-state index in [0.29, 0.717) is 5.92 Å². The lowest BCUT2D eigenvalue weighted by Crippen LogP contribution is -2.38. The van der Waals surface area contributed by atoms with E-state index in [-0.39, 0.29) is 24.2 Å². The zero-order chi connectivity index (χ0) is 11.3. The minimum Gasteiger partial charge on any atom is -0.355 e. The maximum Gasteiger partial charge on any atom is 0.224 e. The summed E-state index contributed by atoms with van der Waals surface area (Å²) in [6.07, 6.45) is 0. The van der Waals surface area contributed by atoms with E-state index in [1.807, 2.05) is 0 Å². The van der Waals surface area contributed by atoms with Crippen molar-refractivity contribution in [1.29, 1.82) is 0 Å². The molecule has 0 spiro atoms. The highest BCUT2D eigenvalue weighted by Crippen LogP contribution is 2.15. The van der Waals surface area contributed by atoms with Crippen molar-refractivity contribution in [3.8, 4) is 0 Å². The Morgan fingerprint density at radius 3 is 2.69 bits per heavy atom. The molecule has 0 aromatic rings. The van der Waals surface area contributed by atoms with Gasteiger partial charge < -0.3 is 15.5 Å². The summed E-state index contributed by atoms with van der Waals surface area (Å²) < 4.78 is 0. The zero-order valence-electron chi connectivity index (χ0n) is 10.5. The number of likely N-dealkylation sites (N-methyl/N-ethyl adjacent to an activating group) is 1. The van der Waals surface area contributed by atoms with Crippen molar-refractivity contribution in [2.24, 2.45) is 11.8 Å². The van der Waals surface area contributed by atoms with E-state index in [9.17, 15) is 4.79 Å². The van der Waals surface area contributed by atoms with Crippen LogP contribution in [-0.4, -0.2) is 50.6 Å². The molecule has 1 heterocycles. The third-order valence-electron chi connectivity index (χ3n) is 3.19. The number of hydrogen-bond donors (Lipinski definition) is 2. The van der Waals surface area contributed by atoms with Crippen LogP contribution in [0.1, 0.15) is 13.8 Å². The summed E-state index contributed by atoms with van der Waals surface area (Å²) >= 11 is 0. The predicted molar refractivity (Wildman–Crippen MR) is 69.0 cm³/mol. The van der Waals surface area contributed by atoms with Gasteiger partial charge in [-0.25, -0.2) is 0 Å². The molecule has 5 heteroatoms. The highest BCUT2D eigenvalue weighted by atomic mass is 35.5. The van der Waals surface area contributed by atoms with Gasteiger partial charge in [-0.3, -0.25) is 4.79 Å². The standard InChI is InChI=1S/C11H23N3O.ClH/c1-4-14(3)6-5-13-11(15)10-8-12-7-9(10)2;/h9-10,12H,4-8H2,1-3H3,(H,13,15);1H/t9-,10-;/m1./s1. The highest BCUT2D eigenvalue weighted by molar-refractivity contribution is 5.85. The Balaban J connectivity index is 0.00000225. The third kappa shape index (κ3) is 4.68. The molecule has 96 valence electrons. The molecule has 0 aromatic heterocycles. The Bertz CT molecular complexity index is 213. The Morgan fingerprint density at radius 1 is 1.50 bits per heavy atom. The number of hydrogen-bond acceptors (Lipinski definition) is 3. The fraction of sp³-hybridized carbons (Fsp3) is 0.909. The van der Waals surface area contributed by atoms with E-state index in [4.69, 9.17) is 0 Å². The summed E-state index contributed by atoms with van der Waals surface area (Å²) in [4.78, 5) is 13.9. The molecule has 1 amide bonds. The maximum absolute atomic E-state index is 11.8. The predicted octanol–water partition coefficient (Wildman–Crippen LogP) is 0.332. The van der Waals surface area contributed by atoms with Gasteiger partial charge in [-0.1, -0.05) is 13.8 Å². The molecule has 4 nitrogen and oxygen atoms in total. The minimum absolute atomic E-state index is 0. The summed E-state index contributed by atoms with van der Waals surface area (Å²) in [6.45, 7) is 8.75. The van der Waals surface area contributed by atoms with Crippen LogP contribution in [0, 0.1) is 11.8 Å². The summed E-state index contributed by atoms with van der Waals surface area (Å²) in [5.41, 5.74) is 0. The summed E-state index contributed by atoms with van der Waals surface area (Å²) in [6, 6.07) is 0.